The average Bonchev–Trinajstić information content (AvgIpc) is 3.14. The zero-order chi connectivity index (χ0) is 21.0. The molecular formula is C22H29N5O3. The number of aliphatic hydroxyl groups is 1. The number of carbonyl (C=O) groups is 1. The number of nitrogens with zero attached hydrogens (tertiary/aromatic N) is 4. The molecule has 8 heteroatoms. The minimum absolute atomic E-state index is 0.0336. The highest BCUT2D eigenvalue weighted by Crippen LogP contribution is 2.46. The van der Waals surface area contributed by atoms with Gasteiger partial charge in [-0.25, -0.2) is 9.97 Å². The summed E-state index contributed by atoms with van der Waals surface area (Å²) in [4.78, 5) is 28.5. The van der Waals surface area contributed by atoms with Gasteiger partial charge in [-0.15, -0.1) is 0 Å². The van der Waals surface area contributed by atoms with Crippen LogP contribution in [0.25, 0.3) is 11.4 Å². The molecule has 0 aromatic carbocycles. The van der Waals surface area contributed by atoms with Crippen LogP contribution >= 0.6 is 0 Å². The molecule has 2 aromatic heterocycles. The van der Waals surface area contributed by atoms with Crippen molar-refractivity contribution in [3.63, 3.8) is 0 Å². The summed E-state index contributed by atoms with van der Waals surface area (Å²) in [6.07, 6.45) is 7.25. The largest absolute Gasteiger partial charge is 0.395 e. The van der Waals surface area contributed by atoms with Gasteiger partial charge in [0.25, 0.3) is 0 Å². The Labute approximate surface area is 176 Å². The fourth-order valence-electron chi connectivity index (χ4n) is 4.61. The highest BCUT2D eigenvalue weighted by atomic mass is 16.5. The van der Waals surface area contributed by atoms with E-state index >= 15 is 0 Å². The molecule has 1 aliphatic heterocycles. The van der Waals surface area contributed by atoms with E-state index in [1.54, 1.807) is 12.4 Å². The minimum Gasteiger partial charge on any atom is -0.395 e. The SMILES string of the molecule is CCOCC(=O)N1CCCC2(CCc3c(NCCO)nc(-c4cccnc4)nc32)C1. The van der Waals surface area contributed by atoms with E-state index in [9.17, 15) is 9.90 Å². The molecule has 1 atom stereocenters. The van der Waals surface area contributed by atoms with Crippen LogP contribution in [-0.4, -0.2) is 70.3 Å². The van der Waals surface area contributed by atoms with Gasteiger partial charge in [0, 0.05) is 55.2 Å². The van der Waals surface area contributed by atoms with Crippen LogP contribution in [-0.2, 0) is 21.4 Å². The van der Waals surface area contributed by atoms with E-state index in [1.807, 2.05) is 24.0 Å². The first kappa shape index (κ1) is 20.7. The maximum absolute atomic E-state index is 12.6. The van der Waals surface area contributed by atoms with E-state index in [0.29, 0.717) is 25.5 Å². The number of aliphatic hydroxyl groups excluding tert-OH is 1. The van der Waals surface area contributed by atoms with E-state index in [2.05, 4.69) is 10.3 Å². The average molecular weight is 412 g/mol. The first-order chi connectivity index (χ1) is 14.7. The number of rotatable bonds is 7. The van der Waals surface area contributed by atoms with E-state index in [4.69, 9.17) is 14.7 Å². The van der Waals surface area contributed by atoms with Crippen molar-refractivity contribution in [3.05, 3.63) is 35.8 Å². The first-order valence-electron chi connectivity index (χ1n) is 10.7. The van der Waals surface area contributed by atoms with Crippen LogP contribution in [0.2, 0.25) is 0 Å². The Morgan fingerprint density at radius 2 is 2.27 bits per heavy atom. The van der Waals surface area contributed by atoms with Gasteiger partial charge in [-0.2, -0.15) is 0 Å². The van der Waals surface area contributed by atoms with E-state index in [0.717, 1.165) is 54.9 Å². The van der Waals surface area contributed by atoms with Crippen LogP contribution in [0, 0.1) is 0 Å². The number of aromatic nitrogens is 3. The second kappa shape index (κ2) is 9.06. The minimum atomic E-state index is -0.162. The number of piperidine rings is 1. The zero-order valence-electron chi connectivity index (χ0n) is 17.4. The highest BCUT2D eigenvalue weighted by molar-refractivity contribution is 5.78. The molecule has 2 aliphatic rings. The number of pyridine rings is 1. The number of fused-ring (bicyclic) bond motifs is 2. The Balaban J connectivity index is 1.70. The zero-order valence-corrected chi connectivity index (χ0v) is 17.4. The predicted molar refractivity (Wildman–Crippen MR) is 113 cm³/mol. The van der Waals surface area contributed by atoms with Gasteiger partial charge >= 0.3 is 0 Å². The Morgan fingerprint density at radius 1 is 1.37 bits per heavy atom. The van der Waals surface area contributed by atoms with E-state index in [1.165, 1.54) is 0 Å². The number of ether oxygens (including phenoxy) is 1. The molecule has 1 unspecified atom stereocenters. The Kier molecular flexibility index (Phi) is 6.24. The lowest BCUT2D eigenvalue weighted by Gasteiger charge is -2.40. The van der Waals surface area contributed by atoms with Crippen LogP contribution in [0.1, 0.15) is 37.4 Å². The molecule has 8 nitrogen and oxygen atoms in total. The van der Waals surface area contributed by atoms with Crippen LogP contribution < -0.4 is 5.32 Å². The molecule has 0 saturated carbocycles. The molecule has 1 amide bonds. The maximum atomic E-state index is 12.6. The molecule has 2 aromatic rings. The van der Waals surface area contributed by atoms with E-state index in [-0.39, 0.29) is 24.5 Å². The lowest BCUT2D eigenvalue weighted by atomic mass is 9.77. The Bertz CT molecular complexity index is 892. The summed E-state index contributed by atoms with van der Waals surface area (Å²) >= 11 is 0. The fourth-order valence-corrected chi connectivity index (χ4v) is 4.61. The van der Waals surface area contributed by atoms with Gasteiger partial charge in [-0.1, -0.05) is 0 Å². The van der Waals surface area contributed by atoms with Crippen molar-refractivity contribution in [3.8, 4) is 11.4 Å². The van der Waals surface area contributed by atoms with Gasteiger partial charge in [0.05, 0.1) is 12.3 Å². The third-order valence-corrected chi connectivity index (χ3v) is 6.05. The van der Waals surface area contributed by atoms with Gasteiger partial charge in [0.15, 0.2) is 5.82 Å². The fraction of sp³-hybridized carbons (Fsp3) is 0.545. The number of anilines is 1. The normalized spacial score (nSPS) is 20.4. The van der Waals surface area contributed by atoms with Crippen molar-refractivity contribution in [2.24, 2.45) is 0 Å². The third-order valence-electron chi connectivity index (χ3n) is 6.05. The Hall–Kier alpha value is -2.58. The lowest BCUT2D eigenvalue weighted by molar-refractivity contribution is -0.138. The Morgan fingerprint density at radius 3 is 3.03 bits per heavy atom. The van der Waals surface area contributed by atoms with Crippen molar-refractivity contribution < 1.29 is 14.6 Å². The molecule has 1 aliphatic carbocycles. The summed E-state index contributed by atoms with van der Waals surface area (Å²) in [5.41, 5.74) is 2.83. The third kappa shape index (κ3) is 4.02. The van der Waals surface area contributed by atoms with Crippen molar-refractivity contribution in [1.82, 2.24) is 19.9 Å². The second-order valence-corrected chi connectivity index (χ2v) is 7.95. The number of hydrogen-bond acceptors (Lipinski definition) is 7. The van der Waals surface area contributed by atoms with Crippen molar-refractivity contribution in [1.29, 1.82) is 0 Å². The molecule has 160 valence electrons. The predicted octanol–water partition coefficient (Wildman–Crippen LogP) is 1.79. The molecule has 2 N–H and O–H groups in total. The number of likely N-dealkylation sites (tertiary alicyclic amines) is 1. The quantitative estimate of drug-likeness (QED) is 0.716. The number of hydrogen-bond donors (Lipinski definition) is 2. The lowest BCUT2D eigenvalue weighted by Crippen LogP contribution is -2.49. The van der Waals surface area contributed by atoms with Gasteiger partial charge in [0.2, 0.25) is 5.91 Å². The number of amides is 1. The molecule has 4 rings (SSSR count). The highest BCUT2D eigenvalue weighted by Gasteiger charge is 2.45. The standard InChI is InChI=1S/C22H29N5O3/c1-2-30-14-18(29)27-11-4-7-22(15-27)8-6-17-19(22)25-20(16-5-3-9-23-13-16)26-21(17)24-10-12-28/h3,5,9,13,28H,2,4,6-8,10-12,14-15H2,1H3,(H,24,25,26). The van der Waals surface area contributed by atoms with Crippen molar-refractivity contribution in [2.45, 2.75) is 38.0 Å². The van der Waals surface area contributed by atoms with Gasteiger partial charge in [-0.3, -0.25) is 9.78 Å². The van der Waals surface area contributed by atoms with Crippen LogP contribution in [0.5, 0.6) is 0 Å². The van der Waals surface area contributed by atoms with Crippen LogP contribution in [0.3, 0.4) is 0 Å². The van der Waals surface area contributed by atoms with Crippen molar-refractivity contribution >= 4 is 11.7 Å². The van der Waals surface area contributed by atoms with Gasteiger partial charge in [-0.05, 0) is 44.7 Å². The van der Waals surface area contributed by atoms with Crippen LogP contribution in [0.4, 0.5) is 5.82 Å². The molecule has 3 heterocycles. The van der Waals surface area contributed by atoms with E-state index < -0.39 is 0 Å². The molecule has 0 radical (unpaired) electrons. The molecular weight excluding hydrogens is 382 g/mol. The maximum Gasteiger partial charge on any atom is 0.248 e. The monoisotopic (exact) mass is 411 g/mol. The smallest absolute Gasteiger partial charge is 0.248 e. The summed E-state index contributed by atoms with van der Waals surface area (Å²) in [5.74, 6) is 1.45. The molecule has 0 bridgehead atoms. The molecule has 1 saturated heterocycles. The summed E-state index contributed by atoms with van der Waals surface area (Å²) < 4.78 is 5.35. The molecule has 1 fully saturated rings. The molecule has 30 heavy (non-hydrogen) atoms. The molecule has 1 spiro atoms. The van der Waals surface area contributed by atoms with Gasteiger partial charge < -0.3 is 20.1 Å². The topological polar surface area (TPSA) is 100 Å². The summed E-state index contributed by atoms with van der Waals surface area (Å²) in [7, 11) is 0. The summed E-state index contributed by atoms with van der Waals surface area (Å²) in [5, 5.41) is 12.6. The van der Waals surface area contributed by atoms with Crippen LogP contribution in [0.15, 0.2) is 24.5 Å². The first-order valence-corrected chi connectivity index (χ1v) is 10.7. The summed E-state index contributed by atoms with van der Waals surface area (Å²) in [6, 6.07) is 3.82. The van der Waals surface area contributed by atoms with Gasteiger partial charge in [0.1, 0.15) is 12.4 Å². The second-order valence-electron chi connectivity index (χ2n) is 7.95. The summed E-state index contributed by atoms with van der Waals surface area (Å²) in [6.45, 7) is 4.46. The van der Waals surface area contributed by atoms with Crippen molar-refractivity contribution in [2.75, 3.05) is 44.8 Å². The number of nitrogens with one attached hydrogen (secondary N) is 1. The number of carbonyl (C=O) groups excluding carboxylic acids is 1.